The Morgan fingerprint density at radius 1 is 1.12 bits per heavy atom. The van der Waals surface area contributed by atoms with Crippen molar-refractivity contribution in [3.63, 3.8) is 0 Å². The molecule has 2 aliphatic rings. The SMILES string of the molecule is Cc1nn(C[NH+]2CCCCC2)c(C)c1S(=O)(=O)N1CCc2ccccc21. The largest absolute Gasteiger partial charge is 0.316 e. The quantitative estimate of drug-likeness (QED) is 0.876. The first-order chi connectivity index (χ1) is 12.5. The van der Waals surface area contributed by atoms with Crippen LogP contribution >= 0.6 is 0 Å². The number of aromatic nitrogens is 2. The van der Waals surface area contributed by atoms with Crippen LogP contribution in [0.4, 0.5) is 5.69 Å². The molecule has 26 heavy (non-hydrogen) atoms. The lowest BCUT2D eigenvalue weighted by atomic mass is 10.1. The summed E-state index contributed by atoms with van der Waals surface area (Å²) in [5, 5.41) is 4.59. The molecule has 0 bridgehead atoms. The minimum Gasteiger partial charge on any atom is -0.316 e. The van der Waals surface area contributed by atoms with E-state index in [4.69, 9.17) is 0 Å². The van der Waals surface area contributed by atoms with E-state index in [1.54, 1.807) is 4.31 Å². The second-order valence-corrected chi connectivity index (χ2v) is 9.22. The lowest BCUT2D eigenvalue weighted by Gasteiger charge is -2.24. The van der Waals surface area contributed by atoms with Crippen LogP contribution in [0.5, 0.6) is 0 Å². The van der Waals surface area contributed by atoms with Crippen LogP contribution in [0.1, 0.15) is 36.2 Å². The molecule has 0 saturated carbocycles. The van der Waals surface area contributed by atoms with E-state index in [-0.39, 0.29) is 0 Å². The van der Waals surface area contributed by atoms with Gasteiger partial charge < -0.3 is 4.90 Å². The predicted molar refractivity (Wildman–Crippen MR) is 101 cm³/mol. The summed E-state index contributed by atoms with van der Waals surface area (Å²) in [6, 6.07) is 7.76. The number of aryl methyl sites for hydroxylation is 1. The van der Waals surface area contributed by atoms with Crippen molar-refractivity contribution in [2.24, 2.45) is 0 Å². The van der Waals surface area contributed by atoms with E-state index in [1.165, 1.54) is 24.2 Å². The molecule has 6 nitrogen and oxygen atoms in total. The third-order valence-corrected chi connectivity index (χ3v) is 7.71. The second-order valence-electron chi connectivity index (χ2n) is 7.42. The number of likely N-dealkylation sites (tertiary alicyclic amines) is 1. The van der Waals surface area contributed by atoms with Crippen molar-refractivity contribution in [2.45, 2.75) is 51.1 Å². The first kappa shape index (κ1) is 17.5. The Morgan fingerprint density at radius 3 is 2.62 bits per heavy atom. The highest BCUT2D eigenvalue weighted by molar-refractivity contribution is 7.93. The minimum absolute atomic E-state index is 0.380. The van der Waals surface area contributed by atoms with Gasteiger partial charge >= 0.3 is 0 Å². The van der Waals surface area contributed by atoms with Gasteiger partial charge in [-0.05, 0) is 51.2 Å². The monoisotopic (exact) mass is 375 g/mol. The number of quaternary nitrogens is 1. The number of fused-ring (bicyclic) bond motifs is 1. The summed E-state index contributed by atoms with van der Waals surface area (Å²) in [7, 11) is -3.59. The number of hydrogen-bond donors (Lipinski definition) is 1. The van der Waals surface area contributed by atoms with Crippen molar-refractivity contribution in [3.05, 3.63) is 41.2 Å². The van der Waals surface area contributed by atoms with Crippen molar-refractivity contribution in [1.29, 1.82) is 0 Å². The van der Waals surface area contributed by atoms with Crippen molar-refractivity contribution in [1.82, 2.24) is 9.78 Å². The normalized spacial score (nSPS) is 18.3. The lowest BCUT2D eigenvalue weighted by Crippen LogP contribution is -3.12. The van der Waals surface area contributed by atoms with Gasteiger partial charge in [-0.15, -0.1) is 0 Å². The summed E-state index contributed by atoms with van der Waals surface area (Å²) >= 11 is 0. The van der Waals surface area contributed by atoms with E-state index in [1.807, 2.05) is 42.8 Å². The molecule has 0 amide bonds. The zero-order valence-corrected chi connectivity index (χ0v) is 16.3. The zero-order valence-electron chi connectivity index (χ0n) is 15.5. The maximum atomic E-state index is 13.4. The van der Waals surface area contributed by atoms with Crippen molar-refractivity contribution >= 4 is 15.7 Å². The van der Waals surface area contributed by atoms with Gasteiger partial charge in [0.15, 0.2) is 6.67 Å². The van der Waals surface area contributed by atoms with E-state index < -0.39 is 10.0 Å². The van der Waals surface area contributed by atoms with Crippen LogP contribution < -0.4 is 9.21 Å². The van der Waals surface area contributed by atoms with Crippen molar-refractivity contribution < 1.29 is 13.3 Å². The molecule has 2 aromatic rings. The fraction of sp³-hybridized carbons (Fsp3) is 0.526. The molecule has 0 unspecified atom stereocenters. The van der Waals surface area contributed by atoms with Gasteiger partial charge in [-0.3, -0.25) is 4.31 Å². The van der Waals surface area contributed by atoms with Crippen LogP contribution in [0.3, 0.4) is 0 Å². The van der Waals surface area contributed by atoms with E-state index in [9.17, 15) is 8.42 Å². The predicted octanol–water partition coefficient (Wildman–Crippen LogP) is 1.28. The molecule has 3 heterocycles. The molecule has 7 heteroatoms. The van der Waals surface area contributed by atoms with Crippen LogP contribution in [0.25, 0.3) is 0 Å². The van der Waals surface area contributed by atoms with Crippen molar-refractivity contribution in [2.75, 3.05) is 23.9 Å². The second kappa shape index (κ2) is 6.70. The fourth-order valence-corrected chi connectivity index (χ4v) is 6.18. The number of piperidine rings is 1. The molecule has 1 N–H and O–H groups in total. The van der Waals surface area contributed by atoms with Crippen LogP contribution in [-0.4, -0.2) is 37.8 Å². The van der Waals surface area contributed by atoms with Gasteiger partial charge in [0.05, 0.1) is 30.2 Å². The molecule has 1 saturated heterocycles. The molecular formula is C19H27N4O2S+. The third kappa shape index (κ3) is 2.93. The Morgan fingerprint density at radius 2 is 1.85 bits per heavy atom. The molecule has 2 aliphatic heterocycles. The molecule has 4 rings (SSSR count). The summed E-state index contributed by atoms with van der Waals surface area (Å²) in [6.45, 7) is 7.23. The van der Waals surface area contributed by atoms with Gasteiger partial charge in [0.25, 0.3) is 10.0 Å². The van der Waals surface area contributed by atoms with Gasteiger partial charge in [0, 0.05) is 6.54 Å². The topological polar surface area (TPSA) is 59.6 Å². The molecule has 1 aromatic heterocycles. The maximum absolute atomic E-state index is 13.4. The number of sulfonamides is 1. The van der Waals surface area contributed by atoms with E-state index >= 15 is 0 Å². The van der Waals surface area contributed by atoms with Crippen LogP contribution in [0.2, 0.25) is 0 Å². The van der Waals surface area contributed by atoms with Gasteiger partial charge in [0.1, 0.15) is 4.90 Å². The molecule has 0 radical (unpaired) electrons. The highest BCUT2D eigenvalue weighted by atomic mass is 32.2. The van der Waals surface area contributed by atoms with Gasteiger partial charge in [-0.2, -0.15) is 5.10 Å². The molecule has 0 atom stereocenters. The summed E-state index contributed by atoms with van der Waals surface area (Å²) in [6.07, 6.45) is 4.54. The number of nitrogens with one attached hydrogen (secondary N) is 1. The van der Waals surface area contributed by atoms with Crippen LogP contribution in [0, 0.1) is 13.8 Å². The number of rotatable bonds is 4. The number of benzene rings is 1. The number of hydrogen-bond acceptors (Lipinski definition) is 3. The average Bonchev–Trinajstić information content (AvgIpc) is 3.18. The first-order valence-electron chi connectivity index (χ1n) is 9.46. The number of para-hydroxylation sites is 1. The summed E-state index contributed by atoms with van der Waals surface area (Å²) in [5.74, 6) is 0. The number of anilines is 1. The Labute approximate surface area is 155 Å². The average molecular weight is 376 g/mol. The summed E-state index contributed by atoms with van der Waals surface area (Å²) in [5.41, 5.74) is 3.26. The first-order valence-corrected chi connectivity index (χ1v) is 10.9. The Hall–Kier alpha value is -1.86. The van der Waals surface area contributed by atoms with Crippen LogP contribution in [0.15, 0.2) is 29.2 Å². The standard InChI is InChI=1S/C19H26N4O2S/c1-15-19(16(2)22(20-15)14-21-11-6-3-7-12-21)26(24,25)23-13-10-17-8-4-5-9-18(17)23/h4-5,8-9H,3,6-7,10-14H2,1-2H3/p+1. The minimum atomic E-state index is -3.59. The Kier molecular flexibility index (Phi) is 4.52. The van der Waals surface area contributed by atoms with Gasteiger partial charge in [-0.1, -0.05) is 18.2 Å². The highest BCUT2D eigenvalue weighted by Crippen LogP contribution is 2.34. The van der Waals surface area contributed by atoms with Crippen LogP contribution in [-0.2, 0) is 23.1 Å². The molecule has 0 aliphatic carbocycles. The molecular weight excluding hydrogens is 348 g/mol. The van der Waals surface area contributed by atoms with E-state index in [0.29, 0.717) is 17.1 Å². The zero-order chi connectivity index (χ0) is 18.3. The van der Waals surface area contributed by atoms with Crippen molar-refractivity contribution in [3.8, 4) is 0 Å². The van der Waals surface area contributed by atoms with E-state index in [0.717, 1.165) is 43.1 Å². The third-order valence-electron chi connectivity index (χ3n) is 5.64. The maximum Gasteiger partial charge on any atom is 0.268 e. The van der Waals surface area contributed by atoms with E-state index in [2.05, 4.69) is 5.10 Å². The number of nitrogens with zero attached hydrogens (tertiary/aromatic N) is 3. The summed E-state index contributed by atoms with van der Waals surface area (Å²) in [4.78, 5) is 1.86. The smallest absolute Gasteiger partial charge is 0.268 e. The molecule has 0 spiro atoms. The molecule has 1 fully saturated rings. The van der Waals surface area contributed by atoms with Gasteiger partial charge in [0.2, 0.25) is 0 Å². The highest BCUT2D eigenvalue weighted by Gasteiger charge is 2.35. The summed E-state index contributed by atoms with van der Waals surface area (Å²) < 4.78 is 30.3. The Balaban J connectivity index is 1.67. The van der Waals surface area contributed by atoms with Gasteiger partial charge in [-0.25, -0.2) is 13.1 Å². The lowest BCUT2D eigenvalue weighted by molar-refractivity contribution is -0.928. The Bertz CT molecular complexity index is 914. The molecule has 1 aromatic carbocycles. The fourth-order valence-electron chi connectivity index (χ4n) is 4.30. The molecule has 140 valence electrons.